The van der Waals surface area contributed by atoms with E-state index in [0.29, 0.717) is 0 Å². The first-order chi connectivity index (χ1) is 10.1. The summed E-state index contributed by atoms with van der Waals surface area (Å²) >= 11 is 0. The van der Waals surface area contributed by atoms with Crippen molar-refractivity contribution in [3.8, 4) is 0 Å². The van der Waals surface area contributed by atoms with E-state index in [4.69, 9.17) is 0 Å². The molecular weight excluding hydrogens is 265 g/mol. The molecule has 0 aromatic heterocycles. The molecule has 3 rings (SSSR count). The molecular formula is C18H18FNO. The van der Waals surface area contributed by atoms with Gasteiger partial charge in [-0.15, -0.1) is 0 Å². The summed E-state index contributed by atoms with van der Waals surface area (Å²) in [5, 5.41) is 2.88. The average Bonchev–Trinajstić information content (AvgIpc) is 2.50. The van der Waals surface area contributed by atoms with Crippen molar-refractivity contribution >= 4 is 11.6 Å². The number of carbonyl (C=O) groups is 1. The van der Waals surface area contributed by atoms with Gasteiger partial charge in [0.15, 0.2) is 0 Å². The Morgan fingerprint density at radius 3 is 2.81 bits per heavy atom. The second-order valence-corrected chi connectivity index (χ2v) is 5.59. The van der Waals surface area contributed by atoms with Gasteiger partial charge in [0.25, 0.3) is 5.91 Å². The smallest absolute Gasteiger partial charge is 0.258 e. The van der Waals surface area contributed by atoms with Gasteiger partial charge in [-0.05, 0) is 61.9 Å². The van der Waals surface area contributed by atoms with E-state index < -0.39 is 5.82 Å². The molecule has 1 N–H and O–H groups in total. The van der Waals surface area contributed by atoms with E-state index in [1.165, 1.54) is 23.6 Å². The molecule has 0 spiro atoms. The first-order valence-electron chi connectivity index (χ1n) is 7.33. The molecule has 3 heteroatoms. The van der Waals surface area contributed by atoms with Crippen LogP contribution in [0.4, 0.5) is 10.1 Å². The van der Waals surface area contributed by atoms with Gasteiger partial charge >= 0.3 is 0 Å². The van der Waals surface area contributed by atoms with Crippen molar-refractivity contribution in [2.75, 3.05) is 5.32 Å². The topological polar surface area (TPSA) is 29.1 Å². The summed E-state index contributed by atoms with van der Waals surface area (Å²) in [7, 11) is 0. The number of rotatable bonds is 2. The van der Waals surface area contributed by atoms with Gasteiger partial charge in [-0.1, -0.05) is 23.8 Å². The number of carbonyl (C=O) groups excluding carboxylic acids is 1. The van der Waals surface area contributed by atoms with Crippen LogP contribution in [0, 0.1) is 12.7 Å². The Hall–Kier alpha value is -2.16. The number of amides is 1. The van der Waals surface area contributed by atoms with Crippen molar-refractivity contribution in [1.29, 1.82) is 0 Å². The molecule has 1 aliphatic rings. The monoisotopic (exact) mass is 283 g/mol. The van der Waals surface area contributed by atoms with Crippen LogP contribution in [0.2, 0.25) is 0 Å². The van der Waals surface area contributed by atoms with E-state index in [9.17, 15) is 9.18 Å². The van der Waals surface area contributed by atoms with Gasteiger partial charge in [-0.25, -0.2) is 4.39 Å². The maximum absolute atomic E-state index is 13.8. The van der Waals surface area contributed by atoms with Gasteiger partial charge < -0.3 is 5.32 Å². The third kappa shape index (κ3) is 2.82. The van der Waals surface area contributed by atoms with Gasteiger partial charge in [0, 0.05) is 5.69 Å². The summed E-state index contributed by atoms with van der Waals surface area (Å²) in [5.41, 5.74) is 4.28. The summed E-state index contributed by atoms with van der Waals surface area (Å²) < 4.78 is 13.8. The quantitative estimate of drug-likeness (QED) is 0.876. The largest absolute Gasteiger partial charge is 0.322 e. The average molecular weight is 283 g/mol. The standard InChI is InChI=1S/C18H18FNO/c1-12-9-10-16(19)15(11-12)18(21)20-17-8-4-6-13-5-2-3-7-14(13)17/h4,6,8-11H,2-3,5,7H2,1H3,(H,20,21). The van der Waals surface area contributed by atoms with Gasteiger partial charge in [0.05, 0.1) is 5.56 Å². The fourth-order valence-electron chi connectivity index (χ4n) is 2.90. The normalized spacial score (nSPS) is 13.6. The molecule has 1 amide bonds. The highest BCUT2D eigenvalue weighted by atomic mass is 19.1. The number of aryl methyl sites for hydroxylation is 2. The first kappa shape index (κ1) is 13.8. The van der Waals surface area contributed by atoms with Crippen LogP contribution in [0.15, 0.2) is 36.4 Å². The lowest BCUT2D eigenvalue weighted by molar-refractivity contribution is 0.102. The molecule has 1 aliphatic carbocycles. The van der Waals surface area contributed by atoms with Crippen molar-refractivity contribution in [2.45, 2.75) is 32.6 Å². The van der Waals surface area contributed by atoms with Crippen molar-refractivity contribution in [3.63, 3.8) is 0 Å². The van der Waals surface area contributed by atoms with Crippen molar-refractivity contribution in [2.24, 2.45) is 0 Å². The van der Waals surface area contributed by atoms with Crippen LogP contribution < -0.4 is 5.32 Å². The number of anilines is 1. The van der Waals surface area contributed by atoms with Crippen LogP contribution in [0.1, 0.15) is 39.9 Å². The molecule has 0 aliphatic heterocycles. The molecule has 0 fully saturated rings. The third-order valence-electron chi connectivity index (χ3n) is 4.01. The summed E-state index contributed by atoms with van der Waals surface area (Å²) in [6, 6.07) is 10.5. The minimum Gasteiger partial charge on any atom is -0.322 e. The Bertz CT molecular complexity index is 694. The molecule has 0 bridgehead atoms. The van der Waals surface area contributed by atoms with E-state index in [-0.39, 0.29) is 11.5 Å². The van der Waals surface area contributed by atoms with E-state index in [1.807, 2.05) is 19.1 Å². The minimum absolute atomic E-state index is 0.100. The molecule has 2 aromatic carbocycles. The zero-order valence-corrected chi connectivity index (χ0v) is 12.1. The number of halogens is 1. The summed E-state index contributed by atoms with van der Waals surface area (Å²) in [6.45, 7) is 1.85. The predicted octanol–water partition coefficient (Wildman–Crippen LogP) is 4.27. The Morgan fingerprint density at radius 2 is 1.95 bits per heavy atom. The lowest BCUT2D eigenvalue weighted by atomic mass is 9.90. The van der Waals surface area contributed by atoms with Gasteiger partial charge in [-0.2, -0.15) is 0 Å². The Morgan fingerprint density at radius 1 is 1.14 bits per heavy atom. The lowest BCUT2D eigenvalue weighted by Crippen LogP contribution is -2.16. The van der Waals surface area contributed by atoms with Crippen molar-refractivity contribution < 1.29 is 9.18 Å². The van der Waals surface area contributed by atoms with Crippen molar-refractivity contribution in [1.82, 2.24) is 0 Å². The predicted molar refractivity (Wildman–Crippen MR) is 82.2 cm³/mol. The fourth-order valence-corrected chi connectivity index (χ4v) is 2.90. The lowest BCUT2D eigenvalue weighted by Gasteiger charge is -2.19. The Labute approximate surface area is 124 Å². The zero-order chi connectivity index (χ0) is 14.8. The number of fused-ring (bicyclic) bond motifs is 1. The van der Waals surface area contributed by atoms with Gasteiger partial charge in [-0.3, -0.25) is 4.79 Å². The molecule has 108 valence electrons. The van der Waals surface area contributed by atoms with Crippen LogP contribution >= 0.6 is 0 Å². The molecule has 0 radical (unpaired) electrons. The molecule has 0 atom stereocenters. The van der Waals surface area contributed by atoms with Gasteiger partial charge in [0.1, 0.15) is 5.82 Å². The molecule has 0 saturated heterocycles. The first-order valence-corrected chi connectivity index (χ1v) is 7.33. The van der Waals surface area contributed by atoms with Crippen LogP contribution in [-0.2, 0) is 12.8 Å². The van der Waals surface area contributed by atoms with E-state index >= 15 is 0 Å². The van der Waals surface area contributed by atoms with E-state index in [2.05, 4.69) is 11.4 Å². The van der Waals surface area contributed by atoms with Crippen molar-refractivity contribution in [3.05, 3.63) is 64.5 Å². The second kappa shape index (κ2) is 5.68. The zero-order valence-electron chi connectivity index (χ0n) is 12.1. The highest BCUT2D eigenvalue weighted by Gasteiger charge is 2.17. The molecule has 2 nitrogen and oxygen atoms in total. The third-order valence-corrected chi connectivity index (χ3v) is 4.01. The van der Waals surface area contributed by atoms with Crippen LogP contribution in [0.25, 0.3) is 0 Å². The molecule has 0 heterocycles. The summed E-state index contributed by atoms with van der Waals surface area (Å²) in [6.07, 6.45) is 4.36. The van der Waals surface area contributed by atoms with Crippen LogP contribution in [-0.4, -0.2) is 5.91 Å². The molecule has 21 heavy (non-hydrogen) atoms. The number of hydrogen-bond acceptors (Lipinski definition) is 1. The number of hydrogen-bond donors (Lipinski definition) is 1. The highest BCUT2D eigenvalue weighted by molar-refractivity contribution is 6.05. The van der Waals surface area contributed by atoms with Crippen LogP contribution in [0.5, 0.6) is 0 Å². The van der Waals surface area contributed by atoms with Crippen LogP contribution in [0.3, 0.4) is 0 Å². The van der Waals surface area contributed by atoms with E-state index in [1.54, 1.807) is 12.1 Å². The van der Waals surface area contributed by atoms with Gasteiger partial charge in [0.2, 0.25) is 0 Å². The molecule has 0 unspecified atom stereocenters. The SMILES string of the molecule is Cc1ccc(F)c(C(=O)Nc2cccc3c2CCCC3)c1. The second-order valence-electron chi connectivity index (χ2n) is 5.59. The fraction of sp³-hybridized carbons (Fsp3) is 0.278. The molecule has 0 saturated carbocycles. The summed E-state index contributed by atoms with van der Waals surface area (Å²) in [4.78, 5) is 12.3. The number of benzene rings is 2. The Kier molecular flexibility index (Phi) is 3.74. The Balaban J connectivity index is 1.90. The highest BCUT2D eigenvalue weighted by Crippen LogP contribution is 2.28. The number of nitrogens with one attached hydrogen (secondary N) is 1. The van der Waals surface area contributed by atoms with E-state index in [0.717, 1.165) is 30.5 Å². The maximum atomic E-state index is 13.8. The summed E-state index contributed by atoms with van der Waals surface area (Å²) in [5.74, 6) is -0.863. The molecule has 2 aromatic rings. The minimum atomic E-state index is -0.483. The maximum Gasteiger partial charge on any atom is 0.258 e.